The number of unbranched alkanes of at least 4 members (excludes halogenated alkanes) is 38. The molecule has 80 heavy (non-hydrogen) atoms. The fourth-order valence-electron chi connectivity index (χ4n) is 9.93. The fraction of sp³-hybridized carbons (Fsp3) is 0.770. The van der Waals surface area contributed by atoms with Gasteiger partial charge in [-0.25, -0.2) is 0 Å². The number of ether oxygens (including phenoxy) is 3. The molecule has 0 saturated carbocycles. The minimum atomic E-state index is -0.782. The molecule has 0 saturated heterocycles. The van der Waals surface area contributed by atoms with Gasteiger partial charge < -0.3 is 14.2 Å². The number of hydrogen-bond donors (Lipinski definition) is 0. The molecule has 0 fully saturated rings. The molecular formula is C74H130O6. The molecule has 0 aliphatic carbocycles. The van der Waals surface area contributed by atoms with E-state index >= 15 is 0 Å². The molecule has 0 spiro atoms. The molecule has 0 bridgehead atoms. The topological polar surface area (TPSA) is 78.9 Å². The van der Waals surface area contributed by atoms with Gasteiger partial charge in [0.2, 0.25) is 0 Å². The number of rotatable bonds is 63. The lowest BCUT2D eigenvalue weighted by Gasteiger charge is -2.18. The van der Waals surface area contributed by atoms with Gasteiger partial charge >= 0.3 is 17.9 Å². The van der Waals surface area contributed by atoms with Crippen molar-refractivity contribution in [3.05, 3.63) is 85.1 Å². The van der Waals surface area contributed by atoms with Crippen LogP contribution in [-0.4, -0.2) is 37.2 Å². The number of hydrogen-bond acceptors (Lipinski definition) is 6. The lowest BCUT2D eigenvalue weighted by atomic mass is 10.0. The lowest BCUT2D eigenvalue weighted by molar-refractivity contribution is -0.167. The maximum atomic E-state index is 12.9. The summed E-state index contributed by atoms with van der Waals surface area (Å²) in [5.74, 6) is -0.872. The molecule has 0 aromatic rings. The van der Waals surface area contributed by atoms with Crippen molar-refractivity contribution in [1.82, 2.24) is 0 Å². The van der Waals surface area contributed by atoms with Gasteiger partial charge in [0, 0.05) is 19.3 Å². The zero-order valence-corrected chi connectivity index (χ0v) is 53.1. The average molecular weight is 1120 g/mol. The summed E-state index contributed by atoms with van der Waals surface area (Å²) in [4.78, 5) is 38.4. The molecule has 0 aliphatic heterocycles. The Hall–Kier alpha value is -3.41. The summed E-state index contributed by atoms with van der Waals surface area (Å²) in [5, 5.41) is 0. The van der Waals surface area contributed by atoms with E-state index in [0.29, 0.717) is 19.3 Å². The second-order valence-electron chi connectivity index (χ2n) is 23.1. The molecule has 0 aromatic heterocycles. The van der Waals surface area contributed by atoms with Crippen LogP contribution in [0.1, 0.15) is 348 Å². The Balaban J connectivity index is 4.27. The van der Waals surface area contributed by atoms with E-state index in [0.717, 1.165) is 96.3 Å². The summed E-state index contributed by atoms with van der Waals surface area (Å²) in [5.41, 5.74) is 0. The average Bonchev–Trinajstić information content (AvgIpc) is 3.46. The molecular weight excluding hydrogens is 985 g/mol. The number of esters is 3. The second-order valence-corrected chi connectivity index (χ2v) is 23.1. The molecule has 0 amide bonds. The third-order valence-corrected chi connectivity index (χ3v) is 15.1. The highest BCUT2D eigenvalue weighted by molar-refractivity contribution is 5.71. The van der Waals surface area contributed by atoms with Crippen LogP contribution in [0.3, 0.4) is 0 Å². The Bertz CT molecular complexity index is 1520. The molecule has 1 unspecified atom stereocenters. The molecule has 462 valence electrons. The van der Waals surface area contributed by atoms with E-state index in [-0.39, 0.29) is 31.1 Å². The standard InChI is InChI=1S/C74H130O6/c1-4-7-10-13-16-19-22-25-28-30-32-33-34-35-36-37-38-39-40-41-43-44-46-49-52-55-58-61-64-67-73(76)79-70-71(69-78-72(75)66-63-60-57-54-51-48-27-24-21-18-15-12-9-6-3)80-74(77)68-65-62-59-56-53-50-47-45-42-31-29-26-23-20-17-14-11-8-5-2/h7,10,16,19,24-29,32-33,35-36,71H,4-6,8-9,11-15,17-18,20-23,30-31,34,37-70H2,1-3H3/b10-7-,19-16-,27-24-,28-25-,29-26-,33-32-,36-35-. The third kappa shape index (κ3) is 65.4. The van der Waals surface area contributed by atoms with Crippen molar-refractivity contribution in [3.8, 4) is 0 Å². The molecule has 6 nitrogen and oxygen atoms in total. The first kappa shape index (κ1) is 76.6. The van der Waals surface area contributed by atoms with E-state index in [1.54, 1.807) is 0 Å². The molecule has 0 heterocycles. The van der Waals surface area contributed by atoms with Crippen molar-refractivity contribution in [2.75, 3.05) is 13.2 Å². The minimum absolute atomic E-state index is 0.0776. The van der Waals surface area contributed by atoms with Crippen molar-refractivity contribution in [2.24, 2.45) is 0 Å². The normalized spacial score (nSPS) is 12.6. The highest BCUT2D eigenvalue weighted by atomic mass is 16.6. The van der Waals surface area contributed by atoms with Gasteiger partial charge in [0.15, 0.2) is 6.10 Å². The smallest absolute Gasteiger partial charge is 0.306 e. The monoisotopic (exact) mass is 1110 g/mol. The van der Waals surface area contributed by atoms with Crippen LogP contribution in [0.4, 0.5) is 0 Å². The van der Waals surface area contributed by atoms with Crippen LogP contribution in [0.5, 0.6) is 0 Å². The number of carbonyl (C=O) groups excluding carboxylic acids is 3. The first-order chi connectivity index (χ1) is 39.5. The van der Waals surface area contributed by atoms with Crippen molar-refractivity contribution in [1.29, 1.82) is 0 Å². The largest absolute Gasteiger partial charge is 0.462 e. The summed E-state index contributed by atoms with van der Waals surface area (Å²) in [7, 11) is 0. The molecule has 0 rings (SSSR count). The van der Waals surface area contributed by atoms with Crippen LogP contribution < -0.4 is 0 Å². The Labute approximate surface area is 496 Å². The maximum Gasteiger partial charge on any atom is 0.306 e. The van der Waals surface area contributed by atoms with Crippen molar-refractivity contribution in [3.63, 3.8) is 0 Å². The van der Waals surface area contributed by atoms with Crippen molar-refractivity contribution in [2.45, 2.75) is 354 Å². The van der Waals surface area contributed by atoms with Crippen LogP contribution in [0.2, 0.25) is 0 Å². The highest BCUT2D eigenvalue weighted by Crippen LogP contribution is 2.17. The lowest BCUT2D eigenvalue weighted by Crippen LogP contribution is -2.30. The van der Waals surface area contributed by atoms with E-state index in [1.807, 2.05) is 0 Å². The summed E-state index contributed by atoms with van der Waals surface area (Å²) in [6.07, 6.45) is 90.3. The number of allylic oxidation sites excluding steroid dienone is 14. The van der Waals surface area contributed by atoms with Crippen LogP contribution in [-0.2, 0) is 28.6 Å². The van der Waals surface area contributed by atoms with Crippen molar-refractivity contribution >= 4 is 17.9 Å². The summed E-state index contributed by atoms with van der Waals surface area (Å²) in [6, 6.07) is 0. The van der Waals surface area contributed by atoms with Crippen LogP contribution in [0.25, 0.3) is 0 Å². The summed E-state index contributed by atoms with van der Waals surface area (Å²) < 4.78 is 17.0. The third-order valence-electron chi connectivity index (χ3n) is 15.1. The predicted molar refractivity (Wildman–Crippen MR) is 348 cm³/mol. The molecule has 1 atom stereocenters. The molecule has 6 heteroatoms. The SMILES string of the molecule is CC/C=C\C/C=C\C/C=C\C/C=C\C/C=C\CCCCCCCCCCCCCCCC(=O)OCC(COC(=O)CCCCCCC/C=C\CCCCCCC)OC(=O)CCCCCCCCCCC/C=C\CCCCCCCC. The second kappa shape index (κ2) is 68.1. The minimum Gasteiger partial charge on any atom is -0.462 e. The van der Waals surface area contributed by atoms with E-state index in [9.17, 15) is 14.4 Å². The van der Waals surface area contributed by atoms with Gasteiger partial charge in [-0.2, -0.15) is 0 Å². The quantitative estimate of drug-likeness (QED) is 0.0261. The van der Waals surface area contributed by atoms with Gasteiger partial charge in [-0.15, -0.1) is 0 Å². The van der Waals surface area contributed by atoms with Gasteiger partial charge in [-0.3, -0.25) is 14.4 Å². The Kier molecular flexibility index (Phi) is 65.2. The van der Waals surface area contributed by atoms with Gasteiger partial charge in [-0.05, 0) is 116 Å². The maximum absolute atomic E-state index is 12.9. The van der Waals surface area contributed by atoms with Crippen LogP contribution >= 0.6 is 0 Å². The fourth-order valence-corrected chi connectivity index (χ4v) is 9.93. The van der Waals surface area contributed by atoms with Crippen LogP contribution in [0.15, 0.2) is 85.1 Å². The van der Waals surface area contributed by atoms with Gasteiger partial charge in [-0.1, -0.05) is 298 Å². The van der Waals surface area contributed by atoms with E-state index in [1.165, 1.54) is 212 Å². The van der Waals surface area contributed by atoms with Gasteiger partial charge in [0.25, 0.3) is 0 Å². The predicted octanol–water partition coefficient (Wildman–Crippen LogP) is 23.8. The summed E-state index contributed by atoms with van der Waals surface area (Å²) >= 11 is 0. The zero-order chi connectivity index (χ0) is 57.8. The van der Waals surface area contributed by atoms with Gasteiger partial charge in [0.05, 0.1) is 0 Å². The highest BCUT2D eigenvalue weighted by Gasteiger charge is 2.19. The Morgan fingerprint density at radius 1 is 0.263 bits per heavy atom. The van der Waals surface area contributed by atoms with E-state index in [2.05, 4.69) is 106 Å². The summed E-state index contributed by atoms with van der Waals surface area (Å²) in [6.45, 7) is 6.55. The first-order valence-electron chi connectivity index (χ1n) is 34.6. The molecule has 0 aliphatic rings. The molecule has 0 radical (unpaired) electrons. The van der Waals surface area contributed by atoms with Crippen molar-refractivity contribution < 1.29 is 28.6 Å². The Morgan fingerprint density at radius 2 is 0.487 bits per heavy atom. The first-order valence-corrected chi connectivity index (χ1v) is 34.6. The molecule has 0 aromatic carbocycles. The zero-order valence-electron chi connectivity index (χ0n) is 53.1. The van der Waals surface area contributed by atoms with E-state index < -0.39 is 6.10 Å². The molecule has 0 N–H and O–H groups in total. The number of carbonyl (C=O) groups is 3. The Morgan fingerprint density at radius 3 is 0.775 bits per heavy atom. The van der Waals surface area contributed by atoms with Gasteiger partial charge in [0.1, 0.15) is 13.2 Å². The van der Waals surface area contributed by atoms with E-state index in [4.69, 9.17) is 14.2 Å². The van der Waals surface area contributed by atoms with Crippen LogP contribution in [0, 0.1) is 0 Å².